The summed E-state index contributed by atoms with van der Waals surface area (Å²) in [6.07, 6.45) is 1.25. The summed E-state index contributed by atoms with van der Waals surface area (Å²) >= 11 is 0. The maximum atomic E-state index is 13.0. The van der Waals surface area contributed by atoms with Crippen LogP contribution in [0.15, 0.2) is 39.7 Å². The van der Waals surface area contributed by atoms with E-state index in [4.69, 9.17) is 9.15 Å². The molecule has 0 radical (unpaired) electrons. The molecule has 2 N–H and O–H groups in total. The first-order valence-electron chi connectivity index (χ1n) is 9.69. The number of benzene rings is 1. The molecule has 2 aromatic heterocycles. The van der Waals surface area contributed by atoms with Crippen molar-refractivity contribution in [3.8, 4) is 17.6 Å². The SMILES string of the molecule is COc1ccc2c(c1)C(=O)N(C[C@@]1(C#Cc3cnc4[nH]c(=O)oc4c3)CC(=O)NC1=O)C2. The molecule has 5 rings (SSSR count). The maximum Gasteiger partial charge on any atom is 0.418 e. The lowest BCUT2D eigenvalue weighted by molar-refractivity contribution is -0.127. The highest BCUT2D eigenvalue weighted by Crippen LogP contribution is 2.33. The van der Waals surface area contributed by atoms with Crippen LogP contribution in [-0.2, 0) is 16.1 Å². The normalized spacial score (nSPS) is 19.7. The highest BCUT2D eigenvalue weighted by Gasteiger charge is 2.48. The number of nitrogens with zero attached hydrogens (tertiary/aromatic N) is 2. The number of pyridine rings is 1. The number of aromatic amines is 1. The van der Waals surface area contributed by atoms with Gasteiger partial charge in [0.15, 0.2) is 11.2 Å². The van der Waals surface area contributed by atoms with Gasteiger partial charge in [-0.05, 0) is 17.7 Å². The molecule has 10 nitrogen and oxygen atoms in total. The van der Waals surface area contributed by atoms with E-state index < -0.39 is 23.0 Å². The van der Waals surface area contributed by atoms with Gasteiger partial charge in [-0.3, -0.25) is 24.7 Å². The number of carbonyl (C=O) groups is 3. The van der Waals surface area contributed by atoms with Crippen LogP contribution in [0.5, 0.6) is 5.75 Å². The van der Waals surface area contributed by atoms with Crippen molar-refractivity contribution < 1.29 is 23.5 Å². The third-order valence-corrected chi connectivity index (χ3v) is 5.53. The van der Waals surface area contributed by atoms with Crippen molar-refractivity contribution in [3.63, 3.8) is 0 Å². The number of ether oxygens (including phenoxy) is 1. The van der Waals surface area contributed by atoms with Crippen LogP contribution in [0, 0.1) is 17.3 Å². The molecule has 3 amide bonds. The number of H-pyrrole nitrogens is 1. The van der Waals surface area contributed by atoms with Crippen LogP contribution in [0.3, 0.4) is 0 Å². The van der Waals surface area contributed by atoms with Crippen molar-refractivity contribution in [2.45, 2.75) is 13.0 Å². The Morgan fingerprint density at radius 2 is 2.09 bits per heavy atom. The van der Waals surface area contributed by atoms with E-state index >= 15 is 0 Å². The third-order valence-electron chi connectivity index (χ3n) is 5.53. The fraction of sp³-hybridized carbons (Fsp3) is 0.227. The molecule has 0 aliphatic carbocycles. The minimum absolute atomic E-state index is 0.0533. The lowest BCUT2D eigenvalue weighted by atomic mass is 9.85. The van der Waals surface area contributed by atoms with Crippen LogP contribution in [0.25, 0.3) is 11.2 Å². The molecule has 1 saturated heterocycles. The van der Waals surface area contributed by atoms with Gasteiger partial charge in [-0.1, -0.05) is 17.9 Å². The first-order chi connectivity index (χ1) is 15.4. The van der Waals surface area contributed by atoms with Gasteiger partial charge in [0.2, 0.25) is 11.8 Å². The predicted octanol–water partition coefficient (Wildman–Crippen LogP) is 0.565. The number of imide groups is 1. The molecule has 4 heterocycles. The zero-order valence-corrected chi connectivity index (χ0v) is 16.9. The van der Waals surface area contributed by atoms with Crippen LogP contribution in [0.4, 0.5) is 0 Å². The summed E-state index contributed by atoms with van der Waals surface area (Å²) in [5.74, 6) is 4.38. The topological polar surface area (TPSA) is 135 Å². The lowest BCUT2D eigenvalue weighted by Crippen LogP contribution is -2.42. The molecule has 0 spiro atoms. The number of nitrogens with one attached hydrogen (secondary N) is 2. The van der Waals surface area contributed by atoms with Gasteiger partial charge in [-0.15, -0.1) is 0 Å². The van der Waals surface area contributed by atoms with E-state index in [-0.39, 0.29) is 30.1 Å². The van der Waals surface area contributed by atoms with E-state index in [0.29, 0.717) is 23.4 Å². The highest BCUT2D eigenvalue weighted by atomic mass is 16.5. The van der Waals surface area contributed by atoms with Crippen LogP contribution in [0.1, 0.15) is 27.9 Å². The van der Waals surface area contributed by atoms with Gasteiger partial charge >= 0.3 is 5.76 Å². The van der Waals surface area contributed by atoms with Crippen LogP contribution >= 0.6 is 0 Å². The first-order valence-corrected chi connectivity index (χ1v) is 9.69. The predicted molar refractivity (Wildman–Crippen MR) is 109 cm³/mol. The van der Waals surface area contributed by atoms with Crippen molar-refractivity contribution in [3.05, 3.63) is 57.7 Å². The summed E-state index contributed by atoms with van der Waals surface area (Å²) in [4.78, 5) is 57.0. The van der Waals surface area contributed by atoms with E-state index in [2.05, 4.69) is 27.1 Å². The molecule has 2 aliphatic heterocycles. The summed E-state index contributed by atoms with van der Waals surface area (Å²) in [7, 11) is 1.52. The number of rotatable bonds is 3. The number of hydrogen-bond donors (Lipinski definition) is 2. The maximum absolute atomic E-state index is 13.0. The van der Waals surface area contributed by atoms with Crippen molar-refractivity contribution in [1.29, 1.82) is 0 Å². The Bertz CT molecular complexity index is 1430. The van der Waals surface area contributed by atoms with Gasteiger partial charge in [-0.2, -0.15) is 0 Å². The number of oxazole rings is 1. The molecule has 0 bridgehead atoms. The van der Waals surface area contributed by atoms with Crippen LogP contribution in [0.2, 0.25) is 0 Å². The standard InChI is InChI=1S/C22H16N4O6/c1-31-14-3-2-13-10-26(19(28)15(13)7-14)11-22(8-17(27)24-20(22)29)5-4-12-6-16-18(23-9-12)25-21(30)32-16/h2-3,6-7,9H,8,10-11H2,1H3,(H,23,25,30)(H,24,27,29)/t22-/m1/s1. The van der Waals surface area contributed by atoms with Gasteiger partial charge < -0.3 is 14.1 Å². The van der Waals surface area contributed by atoms with Crippen molar-refractivity contribution in [1.82, 2.24) is 20.2 Å². The molecule has 0 saturated carbocycles. The minimum Gasteiger partial charge on any atom is -0.497 e. The summed E-state index contributed by atoms with van der Waals surface area (Å²) in [6, 6.07) is 6.73. The Balaban J connectivity index is 1.48. The summed E-state index contributed by atoms with van der Waals surface area (Å²) < 4.78 is 10.2. The van der Waals surface area contributed by atoms with Gasteiger partial charge in [0.05, 0.1) is 13.5 Å². The molecule has 32 heavy (non-hydrogen) atoms. The number of fused-ring (bicyclic) bond motifs is 2. The van der Waals surface area contributed by atoms with Gasteiger partial charge in [0.25, 0.3) is 5.91 Å². The molecule has 3 aromatic rings. The zero-order valence-electron chi connectivity index (χ0n) is 16.9. The Morgan fingerprint density at radius 3 is 2.84 bits per heavy atom. The highest BCUT2D eigenvalue weighted by molar-refractivity contribution is 6.08. The average molecular weight is 432 g/mol. The molecule has 0 unspecified atom stereocenters. The summed E-state index contributed by atoms with van der Waals surface area (Å²) in [5, 5.41) is 2.29. The van der Waals surface area contributed by atoms with E-state index in [1.165, 1.54) is 24.3 Å². The van der Waals surface area contributed by atoms with Crippen molar-refractivity contribution in [2.75, 3.05) is 13.7 Å². The van der Waals surface area contributed by atoms with Crippen molar-refractivity contribution in [2.24, 2.45) is 5.41 Å². The second-order valence-corrected chi connectivity index (χ2v) is 7.66. The van der Waals surface area contributed by atoms with Gasteiger partial charge in [0.1, 0.15) is 11.2 Å². The molecular formula is C22H16N4O6. The molecule has 1 aromatic carbocycles. The zero-order chi connectivity index (χ0) is 22.5. The summed E-state index contributed by atoms with van der Waals surface area (Å²) in [5.41, 5.74) is 0.789. The third kappa shape index (κ3) is 3.20. The van der Waals surface area contributed by atoms with Gasteiger partial charge in [-0.25, -0.2) is 9.78 Å². The Kier molecular flexibility index (Phi) is 4.34. The second kappa shape index (κ2) is 7.09. The van der Waals surface area contributed by atoms with Crippen LogP contribution < -0.4 is 15.8 Å². The largest absolute Gasteiger partial charge is 0.497 e. The number of hydrogen-bond acceptors (Lipinski definition) is 7. The van der Waals surface area contributed by atoms with E-state index in [9.17, 15) is 19.2 Å². The molecule has 2 aliphatic rings. The summed E-state index contributed by atoms with van der Waals surface area (Å²) in [6.45, 7) is 0.243. The van der Waals surface area contributed by atoms with Gasteiger partial charge in [0, 0.05) is 36.5 Å². The molecule has 1 atom stereocenters. The number of aromatic nitrogens is 2. The second-order valence-electron chi connectivity index (χ2n) is 7.66. The lowest BCUT2D eigenvalue weighted by Gasteiger charge is -2.25. The molecule has 1 fully saturated rings. The smallest absolute Gasteiger partial charge is 0.418 e. The molecular weight excluding hydrogens is 416 g/mol. The quantitative estimate of drug-likeness (QED) is 0.456. The van der Waals surface area contributed by atoms with Crippen molar-refractivity contribution >= 4 is 29.0 Å². The molecule has 160 valence electrons. The monoisotopic (exact) mass is 432 g/mol. The fourth-order valence-electron chi connectivity index (χ4n) is 3.93. The fourth-order valence-corrected chi connectivity index (χ4v) is 3.93. The van der Waals surface area contributed by atoms with Crippen LogP contribution in [-0.4, -0.2) is 46.2 Å². The average Bonchev–Trinajstić information content (AvgIpc) is 3.38. The van der Waals surface area contributed by atoms with E-state index in [0.717, 1.165) is 5.56 Å². The van der Waals surface area contributed by atoms with E-state index in [1.807, 2.05) is 0 Å². The molecule has 10 heteroatoms. The van der Waals surface area contributed by atoms with E-state index in [1.54, 1.807) is 18.2 Å². The number of carbonyl (C=O) groups excluding carboxylic acids is 3. The Morgan fingerprint density at radius 1 is 1.25 bits per heavy atom. The first kappa shape index (κ1) is 19.6. The Hall–Kier alpha value is -4.39. The Labute approximate surface area is 180 Å². The minimum atomic E-state index is -1.41. The number of methoxy groups -OCH3 is 1. The number of amides is 3.